The van der Waals surface area contributed by atoms with E-state index in [0.29, 0.717) is 0 Å². The number of fused-ring (bicyclic) bond motifs is 1. The highest BCUT2D eigenvalue weighted by atomic mass is 16.3. The molecule has 0 N–H and O–H groups in total. The minimum absolute atomic E-state index is 0.865. The van der Waals surface area contributed by atoms with Gasteiger partial charge in [-0.05, 0) is 24.3 Å². The quantitative estimate of drug-likeness (QED) is 0.594. The largest absolute Gasteiger partial charge is 0.456 e. The van der Waals surface area contributed by atoms with Gasteiger partial charge in [-0.3, -0.25) is 4.98 Å². The van der Waals surface area contributed by atoms with Gasteiger partial charge in [0.25, 0.3) is 0 Å². The van der Waals surface area contributed by atoms with Crippen molar-refractivity contribution in [3.05, 3.63) is 54.9 Å². The molecule has 2 aromatic heterocycles. The van der Waals surface area contributed by atoms with Crippen molar-refractivity contribution < 1.29 is 4.42 Å². The fraction of sp³-hybridized carbons (Fsp3) is 0. The van der Waals surface area contributed by atoms with Crippen molar-refractivity contribution in [1.29, 1.82) is 0 Å². The molecule has 2 heterocycles. The molecule has 0 aliphatic rings. The van der Waals surface area contributed by atoms with Crippen LogP contribution in [0.15, 0.2) is 59.3 Å². The summed E-state index contributed by atoms with van der Waals surface area (Å²) in [6, 6.07) is 13.9. The van der Waals surface area contributed by atoms with Gasteiger partial charge in [-0.2, -0.15) is 0 Å². The lowest BCUT2D eigenvalue weighted by molar-refractivity contribution is 0.631. The first-order chi connectivity index (χ1) is 7.43. The van der Waals surface area contributed by atoms with Crippen molar-refractivity contribution in [3.63, 3.8) is 0 Å². The van der Waals surface area contributed by atoms with E-state index in [1.54, 1.807) is 12.4 Å². The van der Waals surface area contributed by atoms with Gasteiger partial charge in [0.15, 0.2) is 0 Å². The zero-order valence-corrected chi connectivity index (χ0v) is 8.05. The monoisotopic (exact) mass is 195 g/mol. The molecule has 0 fully saturated rings. The Kier molecular flexibility index (Phi) is 1.78. The van der Waals surface area contributed by atoms with Crippen LogP contribution in [-0.4, -0.2) is 4.98 Å². The molecule has 15 heavy (non-hydrogen) atoms. The fourth-order valence-electron chi connectivity index (χ4n) is 1.63. The Balaban J connectivity index is 2.21. The molecule has 0 radical (unpaired) electrons. The molecule has 0 bridgehead atoms. The third kappa shape index (κ3) is 1.40. The van der Waals surface area contributed by atoms with E-state index < -0.39 is 0 Å². The highest BCUT2D eigenvalue weighted by Gasteiger charge is 2.04. The van der Waals surface area contributed by atoms with E-state index in [-0.39, 0.29) is 0 Å². The number of pyridine rings is 1. The van der Waals surface area contributed by atoms with Crippen molar-refractivity contribution in [2.24, 2.45) is 0 Å². The molecule has 3 rings (SSSR count). The van der Waals surface area contributed by atoms with Crippen LogP contribution in [0.1, 0.15) is 0 Å². The van der Waals surface area contributed by atoms with E-state index in [0.717, 1.165) is 22.3 Å². The molecule has 0 amide bonds. The average Bonchev–Trinajstić information content (AvgIpc) is 2.74. The minimum Gasteiger partial charge on any atom is -0.456 e. The number of benzene rings is 1. The summed E-state index contributed by atoms with van der Waals surface area (Å²) in [4.78, 5) is 4.07. The predicted octanol–water partition coefficient (Wildman–Crippen LogP) is 3.49. The van der Waals surface area contributed by atoms with Crippen molar-refractivity contribution in [1.82, 2.24) is 4.98 Å². The Bertz CT molecular complexity index is 551. The fourth-order valence-corrected chi connectivity index (χ4v) is 1.63. The molecule has 0 saturated heterocycles. The molecule has 0 atom stereocenters. The van der Waals surface area contributed by atoms with E-state index >= 15 is 0 Å². The number of para-hydroxylation sites is 1. The lowest BCUT2D eigenvalue weighted by Crippen LogP contribution is -1.73. The molecule has 2 nitrogen and oxygen atoms in total. The van der Waals surface area contributed by atoms with Crippen LogP contribution < -0.4 is 0 Å². The number of hydrogen-bond donors (Lipinski definition) is 0. The molecule has 3 aromatic rings. The number of nitrogens with zero attached hydrogens (tertiary/aromatic N) is 1. The summed E-state index contributed by atoms with van der Waals surface area (Å²) >= 11 is 0. The first kappa shape index (κ1) is 8.24. The van der Waals surface area contributed by atoms with E-state index in [1.165, 1.54) is 0 Å². The molecule has 0 aliphatic heterocycles. The van der Waals surface area contributed by atoms with E-state index in [4.69, 9.17) is 4.42 Å². The lowest BCUT2D eigenvalue weighted by Gasteiger charge is -1.92. The van der Waals surface area contributed by atoms with Gasteiger partial charge >= 0.3 is 0 Å². The normalized spacial score (nSPS) is 10.7. The summed E-state index contributed by atoms with van der Waals surface area (Å²) in [7, 11) is 0. The molecule has 0 spiro atoms. The summed E-state index contributed by atoms with van der Waals surface area (Å²) in [5.41, 5.74) is 1.92. The molecular formula is C13H9NO. The smallest absolute Gasteiger partial charge is 0.136 e. The molecular weight excluding hydrogens is 186 g/mol. The number of aromatic nitrogens is 1. The molecule has 72 valence electrons. The summed E-state index contributed by atoms with van der Waals surface area (Å²) in [5, 5.41) is 1.12. The van der Waals surface area contributed by atoms with Gasteiger partial charge in [-0.15, -0.1) is 0 Å². The molecule has 0 unspecified atom stereocenters. The van der Waals surface area contributed by atoms with Crippen LogP contribution in [0.25, 0.3) is 22.3 Å². The summed E-state index contributed by atoms with van der Waals surface area (Å²) in [5.74, 6) is 0.865. The Morgan fingerprint density at radius 1 is 1.00 bits per heavy atom. The molecule has 1 aromatic carbocycles. The van der Waals surface area contributed by atoms with E-state index in [1.807, 2.05) is 42.5 Å². The highest BCUT2D eigenvalue weighted by molar-refractivity contribution is 5.82. The van der Waals surface area contributed by atoms with E-state index in [9.17, 15) is 0 Å². The van der Waals surface area contributed by atoms with Crippen LogP contribution in [0.5, 0.6) is 0 Å². The lowest BCUT2D eigenvalue weighted by atomic mass is 10.2. The van der Waals surface area contributed by atoms with Crippen LogP contribution in [0, 0.1) is 0 Å². The van der Waals surface area contributed by atoms with Crippen molar-refractivity contribution in [2.75, 3.05) is 0 Å². The predicted molar refractivity (Wildman–Crippen MR) is 59.4 cm³/mol. The summed E-state index contributed by atoms with van der Waals surface area (Å²) in [6.07, 6.45) is 3.56. The van der Waals surface area contributed by atoms with Crippen molar-refractivity contribution in [2.45, 2.75) is 0 Å². The molecule has 0 saturated carbocycles. The Hall–Kier alpha value is -2.09. The van der Waals surface area contributed by atoms with Gasteiger partial charge in [0.2, 0.25) is 0 Å². The standard InChI is InChI=1S/C13H9NO/c1-2-6-12-10(4-1)8-13(15-12)11-5-3-7-14-9-11/h1-9H. The number of rotatable bonds is 1. The van der Waals surface area contributed by atoms with Crippen LogP contribution in [0.3, 0.4) is 0 Å². The second-order valence-corrected chi connectivity index (χ2v) is 3.39. The Morgan fingerprint density at radius 3 is 2.73 bits per heavy atom. The number of hydrogen-bond acceptors (Lipinski definition) is 2. The minimum atomic E-state index is 0.865. The van der Waals surface area contributed by atoms with Crippen LogP contribution in [0.2, 0.25) is 0 Å². The third-order valence-corrected chi connectivity index (χ3v) is 2.37. The average molecular weight is 195 g/mol. The van der Waals surface area contributed by atoms with Gasteiger partial charge in [0.05, 0.1) is 0 Å². The number of furan rings is 1. The maximum Gasteiger partial charge on any atom is 0.136 e. The Labute approximate surface area is 87.2 Å². The van der Waals surface area contributed by atoms with Gasteiger partial charge in [-0.1, -0.05) is 18.2 Å². The van der Waals surface area contributed by atoms with Gasteiger partial charge in [-0.25, -0.2) is 0 Å². The zero-order chi connectivity index (χ0) is 10.1. The van der Waals surface area contributed by atoms with E-state index in [2.05, 4.69) is 4.98 Å². The van der Waals surface area contributed by atoms with Gasteiger partial charge in [0.1, 0.15) is 11.3 Å². The third-order valence-electron chi connectivity index (χ3n) is 2.37. The maximum atomic E-state index is 5.71. The second kappa shape index (κ2) is 3.24. The topological polar surface area (TPSA) is 26.0 Å². The zero-order valence-electron chi connectivity index (χ0n) is 8.05. The van der Waals surface area contributed by atoms with Crippen LogP contribution in [-0.2, 0) is 0 Å². The van der Waals surface area contributed by atoms with Gasteiger partial charge < -0.3 is 4.42 Å². The summed E-state index contributed by atoms with van der Waals surface area (Å²) < 4.78 is 5.71. The van der Waals surface area contributed by atoms with Gasteiger partial charge in [0, 0.05) is 23.3 Å². The highest BCUT2D eigenvalue weighted by Crippen LogP contribution is 2.26. The second-order valence-electron chi connectivity index (χ2n) is 3.39. The first-order valence-electron chi connectivity index (χ1n) is 4.82. The van der Waals surface area contributed by atoms with Crippen molar-refractivity contribution in [3.8, 4) is 11.3 Å². The molecule has 2 heteroatoms. The SMILES string of the molecule is c1cncc(-c2cc3ccccc3o2)c1. The molecule has 0 aliphatic carbocycles. The maximum absolute atomic E-state index is 5.71. The Morgan fingerprint density at radius 2 is 1.93 bits per heavy atom. The van der Waals surface area contributed by atoms with Crippen molar-refractivity contribution >= 4 is 11.0 Å². The van der Waals surface area contributed by atoms with Crippen LogP contribution in [0.4, 0.5) is 0 Å². The summed E-state index contributed by atoms with van der Waals surface area (Å²) in [6.45, 7) is 0. The first-order valence-corrected chi connectivity index (χ1v) is 4.82. The van der Waals surface area contributed by atoms with Crippen LogP contribution >= 0.6 is 0 Å².